The SMILES string of the molecule is CC(C)c1ccc(C(=O)N(C)CC(=O)N2CCC(C(=O)O)CC2)cc1Cl. The summed E-state index contributed by atoms with van der Waals surface area (Å²) in [7, 11) is 1.58. The molecule has 1 aromatic rings. The van der Waals surface area contributed by atoms with Crippen LogP contribution in [0.1, 0.15) is 48.5 Å². The molecule has 0 radical (unpaired) electrons. The topological polar surface area (TPSA) is 77.9 Å². The molecule has 0 spiro atoms. The molecule has 7 heteroatoms. The van der Waals surface area contributed by atoms with Gasteiger partial charge in [0.25, 0.3) is 5.91 Å². The van der Waals surface area contributed by atoms with Crippen molar-refractivity contribution in [3.8, 4) is 0 Å². The third-order valence-electron chi connectivity index (χ3n) is 4.79. The van der Waals surface area contributed by atoms with Crippen LogP contribution in [-0.2, 0) is 9.59 Å². The average molecular weight is 381 g/mol. The van der Waals surface area contributed by atoms with Gasteiger partial charge in [0.05, 0.1) is 12.5 Å². The summed E-state index contributed by atoms with van der Waals surface area (Å²) < 4.78 is 0. The van der Waals surface area contributed by atoms with Gasteiger partial charge in [-0.2, -0.15) is 0 Å². The Bertz CT molecular complexity index is 697. The standard InChI is InChI=1S/C19H25ClN2O4/c1-12(2)15-5-4-14(10-16(15)20)18(24)21(3)11-17(23)22-8-6-13(7-9-22)19(25)26/h4-5,10,12-13H,6-9,11H2,1-3H3,(H,25,26). The lowest BCUT2D eigenvalue weighted by molar-refractivity contribution is -0.145. The van der Waals surface area contributed by atoms with Gasteiger partial charge in [0.2, 0.25) is 5.91 Å². The van der Waals surface area contributed by atoms with Gasteiger partial charge in [0.1, 0.15) is 0 Å². The van der Waals surface area contributed by atoms with Crippen molar-refractivity contribution >= 4 is 29.4 Å². The average Bonchev–Trinajstić information content (AvgIpc) is 2.60. The van der Waals surface area contributed by atoms with Gasteiger partial charge in [-0.1, -0.05) is 31.5 Å². The molecular weight excluding hydrogens is 356 g/mol. The molecule has 1 saturated heterocycles. The molecule has 1 aromatic carbocycles. The Kier molecular flexibility index (Phi) is 6.64. The van der Waals surface area contributed by atoms with Crippen LogP contribution >= 0.6 is 11.6 Å². The number of benzene rings is 1. The summed E-state index contributed by atoms with van der Waals surface area (Å²) in [5.74, 6) is -1.38. The minimum atomic E-state index is -0.814. The highest BCUT2D eigenvalue weighted by molar-refractivity contribution is 6.31. The minimum absolute atomic E-state index is 0.0415. The molecule has 1 heterocycles. The van der Waals surface area contributed by atoms with Crippen LogP contribution in [0.4, 0.5) is 0 Å². The number of carbonyl (C=O) groups is 3. The summed E-state index contributed by atoms with van der Waals surface area (Å²) in [6, 6.07) is 5.20. The molecule has 0 bridgehead atoms. The fraction of sp³-hybridized carbons (Fsp3) is 0.526. The predicted octanol–water partition coefficient (Wildman–Crippen LogP) is 2.86. The normalized spacial score (nSPS) is 15.2. The number of rotatable bonds is 5. The fourth-order valence-electron chi connectivity index (χ4n) is 3.10. The molecule has 0 aromatic heterocycles. The molecule has 26 heavy (non-hydrogen) atoms. The summed E-state index contributed by atoms with van der Waals surface area (Å²) in [6.45, 7) is 4.83. The first-order valence-electron chi connectivity index (χ1n) is 8.76. The number of halogens is 1. The molecule has 2 amide bonds. The molecule has 142 valence electrons. The first-order valence-corrected chi connectivity index (χ1v) is 9.14. The molecule has 0 saturated carbocycles. The van der Waals surface area contributed by atoms with Crippen LogP contribution in [0.5, 0.6) is 0 Å². The lowest BCUT2D eigenvalue weighted by Crippen LogP contribution is -2.45. The van der Waals surface area contributed by atoms with Crippen molar-refractivity contribution in [3.63, 3.8) is 0 Å². The summed E-state index contributed by atoms with van der Waals surface area (Å²) in [5.41, 5.74) is 1.42. The van der Waals surface area contributed by atoms with Crippen molar-refractivity contribution in [1.29, 1.82) is 0 Å². The van der Waals surface area contributed by atoms with Crippen molar-refractivity contribution in [1.82, 2.24) is 9.80 Å². The van der Waals surface area contributed by atoms with Crippen LogP contribution < -0.4 is 0 Å². The maximum Gasteiger partial charge on any atom is 0.306 e. The van der Waals surface area contributed by atoms with Crippen molar-refractivity contribution < 1.29 is 19.5 Å². The zero-order chi connectivity index (χ0) is 19.4. The number of carbonyl (C=O) groups excluding carboxylic acids is 2. The van der Waals surface area contributed by atoms with Crippen LogP contribution in [0.15, 0.2) is 18.2 Å². The second kappa shape index (κ2) is 8.54. The van der Waals surface area contributed by atoms with Gasteiger partial charge in [0, 0.05) is 30.7 Å². The van der Waals surface area contributed by atoms with E-state index < -0.39 is 5.97 Å². The Morgan fingerprint density at radius 2 is 1.88 bits per heavy atom. The van der Waals surface area contributed by atoms with Gasteiger partial charge in [-0.25, -0.2) is 0 Å². The van der Waals surface area contributed by atoms with Crippen LogP contribution in [0.2, 0.25) is 5.02 Å². The number of hydrogen-bond acceptors (Lipinski definition) is 3. The fourth-order valence-corrected chi connectivity index (χ4v) is 3.50. The largest absolute Gasteiger partial charge is 0.481 e. The first kappa shape index (κ1) is 20.2. The third kappa shape index (κ3) is 4.75. The van der Waals surface area contributed by atoms with E-state index in [2.05, 4.69) is 0 Å². The van der Waals surface area contributed by atoms with Crippen molar-refractivity contribution in [2.75, 3.05) is 26.7 Å². The smallest absolute Gasteiger partial charge is 0.306 e. The van der Waals surface area contributed by atoms with E-state index >= 15 is 0 Å². The molecule has 1 fully saturated rings. The number of likely N-dealkylation sites (N-methyl/N-ethyl adjacent to an activating group) is 1. The van der Waals surface area contributed by atoms with E-state index in [9.17, 15) is 14.4 Å². The highest BCUT2D eigenvalue weighted by Gasteiger charge is 2.28. The number of carboxylic acid groups (broad SMARTS) is 1. The van der Waals surface area contributed by atoms with E-state index in [0.717, 1.165) is 5.56 Å². The molecule has 2 rings (SSSR count). The zero-order valence-electron chi connectivity index (χ0n) is 15.4. The number of aliphatic carboxylic acids is 1. The van der Waals surface area contributed by atoms with Gasteiger partial charge in [-0.3, -0.25) is 14.4 Å². The van der Waals surface area contributed by atoms with Crippen molar-refractivity contribution in [3.05, 3.63) is 34.3 Å². The van der Waals surface area contributed by atoms with Gasteiger partial charge in [-0.05, 0) is 36.5 Å². The second-order valence-electron chi connectivity index (χ2n) is 7.05. The quantitative estimate of drug-likeness (QED) is 0.851. The lowest BCUT2D eigenvalue weighted by Gasteiger charge is -2.31. The summed E-state index contributed by atoms with van der Waals surface area (Å²) in [4.78, 5) is 38.9. The van der Waals surface area contributed by atoms with Gasteiger partial charge >= 0.3 is 5.97 Å². The van der Waals surface area contributed by atoms with Gasteiger partial charge < -0.3 is 14.9 Å². The number of piperidine rings is 1. The Balaban J connectivity index is 1.95. The molecule has 0 aliphatic carbocycles. The number of amides is 2. The minimum Gasteiger partial charge on any atom is -0.481 e. The van der Waals surface area contributed by atoms with E-state index in [1.165, 1.54) is 4.90 Å². The molecule has 6 nitrogen and oxygen atoms in total. The van der Waals surface area contributed by atoms with Crippen molar-refractivity contribution in [2.24, 2.45) is 5.92 Å². The van der Waals surface area contributed by atoms with Crippen LogP contribution in [0.25, 0.3) is 0 Å². The second-order valence-corrected chi connectivity index (χ2v) is 7.45. The highest BCUT2D eigenvalue weighted by atomic mass is 35.5. The van der Waals surface area contributed by atoms with Crippen molar-refractivity contribution in [2.45, 2.75) is 32.6 Å². The monoisotopic (exact) mass is 380 g/mol. The maximum absolute atomic E-state index is 12.6. The van der Waals surface area contributed by atoms with Gasteiger partial charge in [0.15, 0.2) is 0 Å². The van der Waals surface area contributed by atoms with E-state index in [1.807, 2.05) is 19.9 Å². The number of hydrogen-bond donors (Lipinski definition) is 1. The Morgan fingerprint density at radius 1 is 1.27 bits per heavy atom. The molecule has 0 atom stereocenters. The van der Waals surface area contributed by atoms with Crippen LogP contribution in [-0.4, -0.2) is 59.4 Å². The van der Waals surface area contributed by atoms with E-state index in [-0.39, 0.29) is 30.2 Å². The molecule has 1 aliphatic rings. The van der Waals surface area contributed by atoms with Gasteiger partial charge in [-0.15, -0.1) is 0 Å². The first-order chi connectivity index (χ1) is 12.2. The third-order valence-corrected chi connectivity index (χ3v) is 5.11. The van der Waals surface area contributed by atoms with E-state index in [0.29, 0.717) is 36.5 Å². The number of nitrogens with zero attached hydrogens (tertiary/aromatic N) is 2. The summed E-state index contributed by atoms with van der Waals surface area (Å²) >= 11 is 6.25. The molecule has 0 unspecified atom stereocenters. The Labute approximate surface area is 158 Å². The van der Waals surface area contributed by atoms with Crippen LogP contribution in [0, 0.1) is 5.92 Å². The Morgan fingerprint density at radius 3 is 2.38 bits per heavy atom. The van der Waals surface area contributed by atoms with Crippen LogP contribution in [0.3, 0.4) is 0 Å². The summed E-state index contributed by atoms with van der Waals surface area (Å²) in [6.07, 6.45) is 0.899. The van der Waals surface area contributed by atoms with E-state index in [1.54, 1.807) is 24.1 Å². The number of carboxylic acids is 1. The molecule has 1 N–H and O–H groups in total. The van der Waals surface area contributed by atoms with E-state index in [4.69, 9.17) is 16.7 Å². The molecule has 1 aliphatic heterocycles. The molecular formula is C19H25ClN2O4. The maximum atomic E-state index is 12.6. The Hall–Kier alpha value is -2.08. The highest BCUT2D eigenvalue weighted by Crippen LogP contribution is 2.25. The lowest BCUT2D eigenvalue weighted by atomic mass is 9.97. The summed E-state index contributed by atoms with van der Waals surface area (Å²) in [5, 5.41) is 9.56. The predicted molar refractivity (Wildman–Crippen MR) is 99.4 cm³/mol. The zero-order valence-corrected chi connectivity index (χ0v) is 16.1. The number of likely N-dealkylation sites (tertiary alicyclic amines) is 1.